The predicted octanol–water partition coefficient (Wildman–Crippen LogP) is 2.16. The van der Waals surface area contributed by atoms with Gasteiger partial charge in [-0.2, -0.15) is 0 Å². The van der Waals surface area contributed by atoms with Crippen LogP contribution in [-0.2, 0) is 0 Å². The van der Waals surface area contributed by atoms with Crippen LogP contribution < -0.4 is 0 Å². The van der Waals surface area contributed by atoms with Crippen molar-refractivity contribution in [3.63, 3.8) is 0 Å². The van der Waals surface area contributed by atoms with E-state index in [9.17, 15) is 0 Å². The van der Waals surface area contributed by atoms with E-state index >= 15 is 0 Å². The van der Waals surface area contributed by atoms with Gasteiger partial charge in [0.05, 0.1) is 0 Å². The van der Waals surface area contributed by atoms with Crippen molar-refractivity contribution in [3.8, 4) is 0 Å². The first-order chi connectivity index (χ1) is 4.36. The second-order valence-corrected chi connectivity index (χ2v) is 9.50. The molecule has 1 rings (SSSR count). The maximum Gasteiger partial charge on any atom is 0.125 e. The largest absolute Gasteiger partial charge is 0.329 e. The van der Waals surface area contributed by atoms with Crippen molar-refractivity contribution in [3.05, 3.63) is 0 Å². The smallest absolute Gasteiger partial charge is 0.125 e. The Morgan fingerprint density at radius 2 is 1.60 bits per heavy atom. The van der Waals surface area contributed by atoms with Crippen LogP contribution in [0, 0.1) is 5.41 Å². The van der Waals surface area contributed by atoms with Crippen LogP contribution in [0.1, 0.15) is 13.8 Å². The highest BCUT2D eigenvalue weighted by Gasteiger charge is 2.49. The first-order valence-electron chi connectivity index (χ1n) is 4.03. The van der Waals surface area contributed by atoms with Crippen molar-refractivity contribution in [2.24, 2.45) is 5.41 Å². The van der Waals surface area contributed by atoms with Gasteiger partial charge in [0.25, 0.3) is 0 Å². The molecule has 0 aromatic rings. The minimum absolute atomic E-state index is 0.658. The molecule has 1 aliphatic heterocycles. The van der Waals surface area contributed by atoms with Crippen molar-refractivity contribution >= 4 is 8.24 Å². The Morgan fingerprint density at radius 3 is 1.70 bits per heavy atom. The van der Waals surface area contributed by atoms with E-state index in [2.05, 4.69) is 39.1 Å². The topological polar surface area (TPSA) is 3.24 Å². The van der Waals surface area contributed by atoms with Gasteiger partial charge in [-0.1, -0.05) is 20.4 Å². The van der Waals surface area contributed by atoms with E-state index in [0.29, 0.717) is 5.41 Å². The highest BCUT2D eigenvalue weighted by Crippen LogP contribution is 2.48. The molecule has 0 atom stereocenters. The van der Waals surface area contributed by atoms with Crippen molar-refractivity contribution in [1.29, 1.82) is 0 Å². The highest BCUT2D eigenvalue weighted by atomic mass is 28.3. The van der Waals surface area contributed by atoms with E-state index in [1.807, 2.05) is 0 Å². The second kappa shape index (κ2) is 2.08. The fourth-order valence-electron chi connectivity index (χ4n) is 2.33. The van der Waals surface area contributed by atoms with Crippen molar-refractivity contribution in [2.45, 2.75) is 32.5 Å². The van der Waals surface area contributed by atoms with Gasteiger partial charge in [0.2, 0.25) is 0 Å². The lowest BCUT2D eigenvalue weighted by Gasteiger charge is -2.53. The van der Waals surface area contributed by atoms with Gasteiger partial charge in [-0.05, 0) is 31.6 Å². The van der Waals surface area contributed by atoms with Crippen LogP contribution in [0.2, 0.25) is 18.6 Å². The average Bonchev–Trinajstić information content (AvgIpc) is 1.59. The molecular weight excluding hydrogens is 138 g/mol. The monoisotopic (exact) mass is 157 g/mol. The van der Waals surface area contributed by atoms with Gasteiger partial charge in [-0.3, -0.25) is 0 Å². The zero-order valence-electron chi connectivity index (χ0n) is 7.86. The molecule has 1 fully saturated rings. The predicted molar refractivity (Wildman–Crippen MR) is 48.7 cm³/mol. The number of hydrogen-bond acceptors (Lipinski definition) is 1. The Hall–Kier alpha value is 0.177. The first-order valence-corrected chi connectivity index (χ1v) is 6.89. The zero-order valence-corrected chi connectivity index (χ0v) is 8.86. The third-order valence-corrected chi connectivity index (χ3v) is 8.40. The summed E-state index contributed by atoms with van der Waals surface area (Å²) < 4.78 is 2.48. The molecule has 1 nitrogen and oxygen atoms in total. The third-order valence-electron chi connectivity index (χ3n) is 2.80. The van der Waals surface area contributed by atoms with Crippen molar-refractivity contribution < 1.29 is 0 Å². The molecule has 10 heavy (non-hydrogen) atoms. The maximum atomic E-state index is 2.48. The summed E-state index contributed by atoms with van der Waals surface area (Å²) in [4.78, 5) is 0. The Bertz CT molecular complexity index is 132. The minimum atomic E-state index is -0.876. The van der Waals surface area contributed by atoms with E-state index in [-0.39, 0.29) is 0 Å². The minimum Gasteiger partial charge on any atom is -0.329 e. The summed E-state index contributed by atoms with van der Waals surface area (Å²) in [5.74, 6) is 0. The lowest BCUT2D eigenvalue weighted by molar-refractivity contribution is 0.360. The summed E-state index contributed by atoms with van der Waals surface area (Å²) >= 11 is 0. The lowest BCUT2D eigenvalue weighted by atomic mass is 9.98. The zero-order chi connectivity index (χ0) is 7.99. The molecular formula is C8H19NSi. The molecule has 0 unspecified atom stereocenters. The molecule has 0 amide bonds. The Kier molecular flexibility index (Phi) is 1.72. The highest BCUT2D eigenvalue weighted by molar-refractivity contribution is 6.78. The molecule has 1 aliphatic rings. The van der Waals surface area contributed by atoms with Gasteiger partial charge < -0.3 is 4.57 Å². The van der Waals surface area contributed by atoms with Crippen LogP contribution in [0.3, 0.4) is 0 Å². The first kappa shape index (κ1) is 8.28. The van der Waals surface area contributed by atoms with Gasteiger partial charge in [-0.15, -0.1) is 0 Å². The Balaban J connectivity index is 2.50. The quantitative estimate of drug-likeness (QED) is 0.527. The third kappa shape index (κ3) is 1.27. The summed E-state index contributed by atoms with van der Waals surface area (Å²) in [5.41, 5.74) is 0.658. The maximum absolute atomic E-state index is 2.48. The van der Waals surface area contributed by atoms with Crippen LogP contribution in [0.15, 0.2) is 0 Å². The fourth-order valence-corrected chi connectivity index (χ4v) is 6.98. The van der Waals surface area contributed by atoms with Crippen LogP contribution >= 0.6 is 0 Å². The van der Waals surface area contributed by atoms with E-state index < -0.39 is 8.24 Å². The summed E-state index contributed by atoms with van der Waals surface area (Å²) in [5, 5.41) is 0. The molecule has 0 aromatic heterocycles. The Morgan fingerprint density at radius 1 is 1.20 bits per heavy atom. The normalized spacial score (nSPS) is 28.2. The standard InChI is InChI=1S/C8H19NSi/c1-8(2)6-10(5,7-8)9(3)4/h6-7H2,1-5H3. The molecule has 0 aliphatic carbocycles. The molecule has 0 aromatic carbocycles. The summed E-state index contributed by atoms with van der Waals surface area (Å²) in [6.45, 7) is 7.24. The van der Waals surface area contributed by atoms with Crippen molar-refractivity contribution in [1.82, 2.24) is 4.57 Å². The molecule has 2 heteroatoms. The molecule has 0 radical (unpaired) electrons. The molecule has 0 spiro atoms. The van der Waals surface area contributed by atoms with Gasteiger partial charge in [0.1, 0.15) is 8.24 Å². The van der Waals surface area contributed by atoms with Crippen LogP contribution in [-0.4, -0.2) is 26.9 Å². The summed E-state index contributed by atoms with van der Waals surface area (Å²) in [6, 6.07) is 2.96. The molecule has 60 valence electrons. The summed E-state index contributed by atoms with van der Waals surface area (Å²) in [7, 11) is 3.60. The molecule has 0 N–H and O–H groups in total. The second-order valence-electron chi connectivity index (χ2n) is 4.91. The fraction of sp³-hybridized carbons (Fsp3) is 1.00. The Labute approximate surface area is 65.5 Å². The van der Waals surface area contributed by atoms with E-state index in [1.54, 1.807) is 0 Å². The summed E-state index contributed by atoms with van der Waals surface area (Å²) in [6.07, 6.45) is 0. The van der Waals surface area contributed by atoms with Gasteiger partial charge in [0, 0.05) is 0 Å². The SMILES string of the molecule is CN(C)[Si]1(C)CC(C)(C)C1. The van der Waals surface area contributed by atoms with Gasteiger partial charge in [0.15, 0.2) is 0 Å². The van der Waals surface area contributed by atoms with Crippen LogP contribution in [0.5, 0.6) is 0 Å². The molecule has 1 heterocycles. The molecule has 0 saturated carbocycles. The van der Waals surface area contributed by atoms with Crippen LogP contribution in [0.4, 0.5) is 0 Å². The molecule has 1 saturated heterocycles. The van der Waals surface area contributed by atoms with Crippen LogP contribution in [0.25, 0.3) is 0 Å². The van der Waals surface area contributed by atoms with Gasteiger partial charge >= 0.3 is 0 Å². The number of nitrogens with zero attached hydrogens (tertiary/aromatic N) is 1. The van der Waals surface area contributed by atoms with E-state index in [0.717, 1.165) is 0 Å². The van der Waals surface area contributed by atoms with Crippen molar-refractivity contribution in [2.75, 3.05) is 14.1 Å². The number of hydrogen-bond donors (Lipinski definition) is 0. The average molecular weight is 157 g/mol. The number of rotatable bonds is 1. The van der Waals surface area contributed by atoms with Gasteiger partial charge in [-0.25, -0.2) is 0 Å². The molecule has 0 bridgehead atoms. The lowest BCUT2D eigenvalue weighted by Crippen LogP contribution is -2.59. The van der Waals surface area contributed by atoms with E-state index in [1.165, 1.54) is 12.1 Å². The van der Waals surface area contributed by atoms with E-state index in [4.69, 9.17) is 0 Å².